The Bertz CT molecular complexity index is 772. The van der Waals surface area contributed by atoms with Crippen molar-refractivity contribution in [3.63, 3.8) is 0 Å². The molecule has 0 radical (unpaired) electrons. The van der Waals surface area contributed by atoms with E-state index in [1.54, 1.807) is 19.2 Å². The van der Waals surface area contributed by atoms with Crippen molar-refractivity contribution in [1.29, 1.82) is 0 Å². The van der Waals surface area contributed by atoms with Crippen LogP contribution >= 0.6 is 0 Å². The van der Waals surface area contributed by atoms with Crippen LogP contribution in [0.15, 0.2) is 60.8 Å². The third kappa shape index (κ3) is 2.89. The summed E-state index contributed by atoms with van der Waals surface area (Å²) < 4.78 is 5.41. The highest BCUT2D eigenvalue weighted by Gasteiger charge is 2.15. The molecule has 0 aliphatic rings. The molecule has 0 saturated heterocycles. The molecule has 0 amide bonds. The number of hydrogen-bond donors (Lipinski definition) is 0. The molecule has 0 aliphatic carbocycles. The standard InChI is InChI=1S/C17H14N2O2/c1-12(14-7-4-5-11-18-14)21-17(20)16-10-9-13-6-2-3-8-15(13)19-16/h2-12H,1H3. The molecule has 0 saturated carbocycles. The number of nitrogens with zero attached hydrogens (tertiary/aromatic N) is 2. The maximum atomic E-state index is 12.2. The summed E-state index contributed by atoms with van der Waals surface area (Å²) in [6.07, 6.45) is 1.26. The molecule has 0 N–H and O–H groups in total. The van der Waals surface area contributed by atoms with Crippen molar-refractivity contribution in [3.8, 4) is 0 Å². The first-order chi connectivity index (χ1) is 10.2. The molecule has 0 aliphatic heterocycles. The average Bonchev–Trinajstić information content (AvgIpc) is 2.55. The quantitative estimate of drug-likeness (QED) is 0.687. The molecule has 1 atom stereocenters. The lowest BCUT2D eigenvalue weighted by molar-refractivity contribution is 0.0323. The Morgan fingerprint density at radius 1 is 1.05 bits per heavy atom. The van der Waals surface area contributed by atoms with Crippen molar-refractivity contribution < 1.29 is 9.53 Å². The second kappa shape index (κ2) is 5.71. The maximum Gasteiger partial charge on any atom is 0.357 e. The first-order valence-electron chi connectivity index (χ1n) is 6.72. The lowest BCUT2D eigenvalue weighted by Gasteiger charge is -2.12. The number of carbonyl (C=O) groups excluding carboxylic acids is 1. The molecule has 0 bridgehead atoms. The fourth-order valence-corrected chi connectivity index (χ4v) is 2.08. The summed E-state index contributed by atoms with van der Waals surface area (Å²) in [5, 5.41) is 0.992. The summed E-state index contributed by atoms with van der Waals surface area (Å²) in [4.78, 5) is 20.7. The van der Waals surface area contributed by atoms with Crippen LogP contribution in [0.5, 0.6) is 0 Å². The Morgan fingerprint density at radius 3 is 2.67 bits per heavy atom. The highest BCUT2D eigenvalue weighted by atomic mass is 16.5. The van der Waals surface area contributed by atoms with Crippen LogP contribution in [-0.4, -0.2) is 15.9 Å². The van der Waals surface area contributed by atoms with Crippen molar-refractivity contribution in [3.05, 3.63) is 72.2 Å². The van der Waals surface area contributed by atoms with Gasteiger partial charge in [-0.15, -0.1) is 0 Å². The lowest BCUT2D eigenvalue weighted by atomic mass is 10.2. The minimum Gasteiger partial charge on any atom is -0.451 e. The van der Waals surface area contributed by atoms with Crippen LogP contribution in [0, 0.1) is 0 Å². The van der Waals surface area contributed by atoms with Crippen molar-refractivity contribution >= 4 is 16.9 Å². The van der Waals surface area contributed by atoms with Gasteiger partial charge >= 0.3 is 5.97 Å². The molecule has 0 fully saturated rings. The summed E-state index contributed by atoms with van der Waals surface area (Å²) >= 11 is 0. The van der Waals surface area contributed by atoms with E-state index in [4.69, 9.17) is 4.74 Å². The van der Waals surface area contributed by atoms with Gasteiger partial charge in [0.15, 0.2) is 0 Å². The van der Waals surface area contributed by atoms with E-state index >= 15 is 0 Å². The van der Waals surface area contributed by atoms with E-state index < -0.39 is 12.1 Å². The van der Waals surface area contributed by atoms with E-state index in [-0.39, 0.29) is 0 Å². The van der Waals surface area contributed by atoms with E-state index in [1.165, 1.54) is 0 Å². The van der Waals surface area contributed by atoms with Crippen LogP contribution in [0.3, 0.4) is 0 Å². The molecule has 4 heteroatoms. The number of benzene rings is 1. The van der Waals surface area contributed by atoms with Gasteiger partial charge in [-0.05, 0) is 31.2 Å². The van der Waals surface area contributed by atoms with Crippen LogP contribution < -0.4 is 0 Å². The molecule has 0 spiro atoms. The van der Waals surface area contributed by atoms with Crippen LogP contribution in [0.2, 0.25) is 0 Å². The van der Waals surface area contributed by atoms with Gasteiger partial charge in [-0.25, -0.2) is 9.78 Å². The van der Waals surface area contributed by atoms with Gasteiger partial charge in [0.1, 0.15) is 11.8 Å². The largest absolute Gasteiger partial charge is 0.451 e. The van der Waals surface area contributed by atoms with Gasteiger partial charge in [0, 0.05) is 11.6 Å². The molecular formula is C17H14N2O2. The van der Waals surface area contributed by atoms with E-state index in [2.05, 4.69) is 9.97 Å². The van der Waals surface area contributed by atoms with Crippen molar-refractivity contribution in [2.75, 3.05) is 0 Å². The monoisotopic (exact) mass is 278 g/mol. The van der Waals surface area contributed by atoms with Gasteiger partial charge in [0.25, 0.3) is 0 Å². The fraction of sp³-hybridized carbons (Fsp3) is 0.118. The summed E-state index contributed by atoms with van der Waals surface area (Å²) in [7, 11) is 0. The number of hydrogen-bond acceptors (Lipinski definition) is 4. The summed E-state index contributed by atoms with van der Waals surface area (Å²) in [5.74, 6) is -0.445. The van der Waals surface area contributed by atoms with E-state index in [0.29, 0.717) is 11.4 Å². The topological polar surface area (TPSA) is 52.1 Å². The summed E-state index contributed by atoms with van der Waals surface area (Å²) in [5.41, 5.74) is 1.79. The third-order valence-corrected chi connectivity index (χ3v) is 3.20. The molecule has 3 aromatic rings. The third-order valence-electron chi connectivity index (χ3n) is 3.20. The van der Waals surface area contributed by atoms with E-state index in [1.807, 2.05) is 48.5 Å². The van der Waals surface area contributed by atoms with Gasteiger partial charge in [0.2, 0.25) is 0 Å². The Kier molecular flexibility index (Phi) is 3.60. The normalized spacial score (nSPS) is 12.0. The fourth-order valence-electron chi connectivity index (χ4n) is 2.08. The molecule has 21 heavy (non-hydrogen) atoms. The lowest BCUT2D eigenvalue weighted by Crippen LogP contribution is -2.11. The van der Waals surface area contributed by atoms with Crippen LogP contribution in [-0.2, 0) is 4.74 Å². The number of aromatic nitrogens is 2. The van der Waals surface area contributed by atoms with E-state index in [0.717, 1.165) is 10.9 Å². The number of rotatable bonds is 3. The van der Waals surface area contributed by atoms with Crippen LogP contribution in [0.4, 0.5) is 0 Å². The van der Waals surface area contributed by atoms with Crippen molar-refractivity contribution in [1.82, 2.24) is 9.97 Å². The maximum absolute atomic E-state index is 12.2. The molecule has 2 aromatic heterocycles. The molecule has 1 unspecified atom stereocenters. The Morgan fingerprint density at radius 2 is 1.86 bits per heavy atom. The average molecular weight is 278 g/mol. The molecular weight excluding hydrogens is 264 g/mol. The zero-order chi connectivity index (χ0) is 14.7. The van der Waals surface area contributed by atoms with Gasteiger partial charge < -0.3 is 4.74 Å². The molecule has 4 nitrogen and oxygen atoms in total. The summed E-state index contributed by atoms with van der Waals surface area (Å²) in [6, 6.07) is 16.7. The second-order valence-electron chi connectivity index (χ2n) is 4.69. The predicted molar refractivity (Wildman–Crippen MR) is 79.8 cm³/mol. The highest BCUT2D eigenvalue weighted by molar-refractivity contribution is 5.91. The van der Waals surface area contributed by atoms with Crippen molar-refractivity contribution in [2.24, 2.45) is 0 Å². The van der Waals surface area contributed by atoms with E-state index in [9.17, 15) is 4.79 Å². The Hall–Kier alpha value is -2.75. The first kappa shape index (κ1) is 13.2. The SMILES string of the molecule is CC(OC(=O)c1ccc2ccccc2n1)c1ccccn1. The van der Waals surface area contributed by atoms with Gasteiger partial charge in [-0.2, -0.15) is 0 Å². The zero-order valence-electron chi connectivity index (χ0n) is 11.6. The van der Waals surface area contributed by atoms with Gasteiger partial charge in [0.05, 0.1) is 11.2 Å². The smallest absolute Gasteiger partial charge is 0.357 e. The van der Waals surface area contributed by atoms with Crippen LogP contribution in [0.25, 0.3) is 10.9 Å². The molecule has 104 valence electrons. The van der Waals surface area contributed by atoms with Crippen molar-refractivity contribution in [2.45, 2.75) is 13.0 Å². The molecule has 3 rings (SSSR count). The number of pyridine rings is 2. The number of ether oxygens (including phenoxy) is 1. The number of esters is 1. The second-order valence-corrected chi connectivity index (χ2v) is 4.69. The Balaban J connectivity index is 1.80. The zero-order valence-corrected chi connectivity index (χ0v) is 11.6. The highest BCUT2D eigenvalue weighted by Crippen LogP contribution is 2.17. The number of para-hydroxylation sites is 1. The predicted octanol–water partition coefficient (Wildman–Crippen LogP) is 3.55. The number of fused-ring (bicyclic) bond motifs is 1. The van der Waals surface area contributed by atoms with Crippen LogP contribution in [0.1, 0.15) is 29.2 Å². The van der Waals surface area contributed by atoms with Gasteiger partial charge in [-0.3, -0.25) is 4.98 Å². The summed E-state index contributed by atoms with van der Waals surface area (Å²) in [6.45, 7) is 1.79. The number of carbonyl (C=O) groups is 1. The minimum atomic E-state index is -0.445. The Labute approximate surface area is 122 Å². The first-order valence-corrected chi connectivity index (χ1v) is 6.72. The minimum absolute atomic E-state index is 0.302. The van der Waals surface area contributed by atoms with Gasteiger partial charge in [-0.1, -0.05) is 30.3 Å². The molecule has 2 heterocycles. The molecule has 1 aromatic carbocycles.